The molecule has 0 N–H and O–H groups in total. The lowest BCUT2D eigenvalue weighted by atomic mass is 9.95. The molecule has 15 rings (SSSR count). The summed E-state index contributed by atoms with van der Waals surface area (Å²) in [5.41, 5.74) is 14.1. The van der Waals surface area contributed by atoms with E-state index in [-0.39, 0.29) is 0 Å². The summed E-state index contributed by atoms with van der Waals surface area (Å²) in [7, 11) is 0. The van der Waals surface area contributed by atoms with E-state index in [0.717, 1.165) is 99.5 Å². The van der Waals surface area contributed by atoms with Crippen LogP contribution in [-0.2, 0) is 0 Å². The van der Waals surface area contributed by atoms with E-state index in [9.17, 15) is 0 Å². The van der Waals surface area contributed by atoms with E-state index < -0.39 is 0 Å². The molecule has 3 heterocycles. The fourth-order valence-electron chi connectivity index (χ4n) is 11.2. The smallest absolute Gasteiger partial charge is 0.164 e. The van der Waals surface area contributed by atoms with Crippen molar-refractivity contribution in [1.29, 1.82) is 0 Å². The van der Waals surface area contributed by atoms with Crippen molar-refractivity contribution in [3.05, 3.63) is 255 Å². The predicted molar refractivity (Wildman–Crippen MR) is 307 cm³/mol. The summed E-state index contributed by atoms with van der Waals surface area (Å²) < 4.78 is 9.52. The molecule has 0 aliphatic carbocycles. The molecule has 0 atom stereocenters. The molecule has 5 heteroatoms. The quantitative estimate of drug-likeness (QED) is 0.160. The van der Waals surface area contributed by atoms with Gasteiger partial charge in [-0.3, -0.25) is 0 Å². The van der Waals surface area contributed by atoms with Crippen LogP contribution in [0.2, 0.25) is 0 Å². The first-order valence-corrected chi connectivity index (χ1v) is 25.1. The number of hydrogen-bond donors (Lipinski definition) is 0. The van der Waals surface area contributed by atoms with Crippen molar-refractivity contribution in [3.8, 4) is 73.2 Å². The summed E-state index contributed by atoms with van der Waals surface area (Å²) in [6, 6.07) is 90.7. The summed E-state index contributed by atoms with van der Waals surface area (Å²) in [4.78, 5) is 16.0. The zero-order chi connectivity index (χ0) is 48.7. The molecular weight excluding hydrogens is 901 g/mol. The minimum absolute atomic E-state index is 0.564. The van der Waals surface area contributed by atoms with E-state index in [1.165, 1.54) is 32.3 Å². The minimum atomic E-state index is 0.564. The van der Waals surface area contributed by atoms with Gasteiger partial charge >= 0.3 is 0 Å². The molecule has 0 aliphatic heterocycles. The van der Waals surface area contributed by atoms with Gasteiger partial charge in [-0.2, -0.15) is 0 Å². The van der Waals surface area contributed by atoms with Crippen LogP contribution in [0.15, 0.2) is 259 Å². The van der Waals surface area contributed by atoms with Gasteiger partial charge in [-0.15, -0.1) is 0 Å². The first-order valence-electron chi connectivity index (χ1n) is 25.1. The molecule has 0 aliphatic rings. The molecule has 0 unspecified atom stereocenters. The molecule has 3 aromatic heterocycles. The Morgan fingerprint density at radius 2 is 0.824 bits per heavy atom. The van der Waals surface area contributed by atoms with Crippen LogP contribution >= 0.6 is 0 Å². The van der Waals surface area contributed by atoms with Gasteiger partial charge in [0.1, 0.15) is 11.2 Å². The van der Waals surface area contributed by atoms with Gasteiger partial charge in [-0.05, 0) is 109 Å². The van der Waals surface area contributed by atoms with Crippen molar-refractivity contribution >= 4 is 76.1 Å². The molecule has 0 spiro atoms. The number of fused-ring (bicyclic) bond motifs is 10. The second-order valence-electron chi connectivity index (χ2n) is 19.1. The molecule has 15 aromatic rings. The third-order valence-corrected chi connectivity index (χ3v) is 14.8. The molecule has 5 nitrogen and oxygen atoms in total. The van der Waals surface area contributed by atoms with Crippen LogP contribution in [0.3, 0.4) is 0 Å². The van der Waals surface area contributed by atoms with Crippen LogP contribution in [0, 0.1) is 0 Å². The van der Waals surface area contributed by atoms with E-state index in [1.807, 2.05) is 12.1 Å². The monoisotopic (exact) mass is 942 g/mol. The van der Waals surface area contributed by atoms with E-state index in [2.05, 4.69) is 247 Å². The number of aromatic nitrogens is 4. The Labute approximate surface area is 425 Å². The standard InChI is InChI=1S/C69H42N4O/c1-3-16-43(17-4-1)48-25-13-27-52(36-48)57-41-59-64(42-62(57)73-60-35-34-46-21-11-12-29-55(46)65(60)58-39-50-23-9-10-24-51(50)40-61(58)73)74-63-31-15-30-56(66(59)63)69-71-67(53-28-14-26-49(37-53)44-18-5-2-6-19-44)70-68(72-69)54-33-32-45-20-7-8-22-47(45)38-54/h1-42H. The molecule has 0 fully saturated rings. The van der Waals surface area contributed by atoms with Gasteiger partial charge in [-0.25, -0.2) is 15.0 Å². The van der Waals surface area contributed by atoms with Gasteiger partial charge in [0.2, 0.25) is 0 Å². The van der Waals surface area contributed by atoms with Crippen molar-refractivity contribution in [3.63, 3.8) is 0 Å². The Morgan fingerprint density at radius 3 is 1.57 bits per heavy atom. The first-order chi connectivity index (χ1) is 36.6. The highest BCUT2D eigenvalue weighted by molar-refractivity contribution is 6.24. The second-order valence-corrected chi connectivity index (χ2v) is 19.1. The normalized spacial score (nSPS) is 11.8. The molecule has 0 saturated heterocycles. The molecule has 74 heavy (non-hydrogen) atoms. The van der Waals surface area contributed by atoms with Crippen LogP contribution < -0.4 is 0 Å². The first kappa shape index (κ1) is 41.8. The maximum atomic E-state index is 7.06. The van der Waals surface area contributed by atoms with Crippen LogP contribution in [0.4, 0.5) is 0 Å². The van der Waals surface area contributed by atoms with E-state index in [1.54, 1.807) is 0 Å². The molecule has 0 bridgehead atoms. The fraction of sp³-hybridized carbons (Fsp3) is 0. The lowest BCUT2D eigenvalue weighted by molar-refractivity contribution is 0.668. The Bertz CT molecular complexity index is 4730. The van der Waals surface area contributed by atoms with Crippen LogP contribution in [-0.4, -0.2) is 19.5 Å². The van der Waals surface area contributed by atoms with Crippen LogP contribution in [0.1, 0.15) is 0 Å². The third kappa shape index (κ3) is 6.90. The van der Waals surface area contributed by atoms with Gasteiger partial charge in [0.25, 0.3) is 0 Å². The summed E-state index contributed by atoms with van der Waals surface area (Å²) in [6.07, 6.45) is 0. The van der Waals surface area contributed by atoms with Gasteiger partial charge in [0, 0.05) is 49.9 Å². The van der Waals surface area contributed by atoms with Gasteiger partial charge in [0.05, 0.1) is 16.7 Å². The van der Waals surface area contributed by atoms with Gasteiger partial charge in [-0.1, -0.05) is 200 Å². The Morgan fingerprint density at radius 1 is 0.270 bits per heavy atom. The Kier molecular flexibility index (Phi) is 9.50. The highest BCUT2D eigenvalue weighted by Crippen LogP contribution is 2.45. The lowest BCUT2D eigenvalue weighted by Gasteiger charge is -2.16. The fourth-order valence-corrected chi connectivity index (χ4v) is 11.2. The largest absolute Gasteiger partial charge is 0.456 e. The van der Waals surface area contributed by atoms with Crippen molar-refractivity contribution in [1.82, 2.24) is 19.5 Å². The summed E-state index contributed by atoms with van der Waals surface area (Å²) in [5, 5.41) is 11.4. The summed E-state index contributed by atoms with van der Waals surface area (Å²) in [6.45, 7) is 0. The topological polar surface area (TPSA) is 56.7 Å². The van der Waals surface area contributed by atoms with Crippen LogP contribution in [0.25, 0.3) is 149 Å². The van der Waals surface area contributed by atoms with E-state index >= 15 is 0 Å². The summed E-state index contributed by atoms with van der Waals surface area (Å²) in [5.74, 6) is 1.75. The minimum Gasteiger partial charge on any atom is -0.456 e. The van der Waals surface area contributed by atoms with Crippen LogP contribution in [0.5, 0.6) is 0 Å². The third-order valence-electron chi connectivity index (χ3n) is 14.8. The zero-order valence-corrected chi connectivity index (χ0v) is 39.9. The van der Waals surface area contributed by atoms with E-state index in [4.69, 9.17) is 19.4 Å². The summed E-state index contributed by atoms with van der Waals surface area (Å²) >= 11 is 0. The Balaban J connectivity index is 1.01. The highest BCUT2D eigenvalue weighted by Gasteiger charge is 2.24. The van der Waals surface area contributed by atoms with Crippen molar-refractivity contribution in [2.45, 2.75) is 0 Å². The predicted octanol–water partition coefficient (Wildman–Crippen LogP) is 18.3. The van der Waals surface area contributed by atoms with Crippen molar-refractivity contribution < 1.29 is 4.42 Å². The van der Waals surface area contributed by atoms with Crippen molar-refractivity contribution in [2.75, 3.05) is 0 Å². The molecule has 0 radical (unpaired) electrons. The van der Waals surface area contributed by atoms with Gasteiger partial charge < -0.3 is 8.98 Å². The molecule has 344 valence electrons. The highest BCUT2D eigenvalue weighted by atomic mass is 16.3. The number of hydrogen-bond acceptors (Lipinski definition) is 4. The Hall–Kier alpha value is -9.97. The average Bonchev–Trinajstić information content (AvgIpc) is 4.06. The number of rotatable bonds is 7. The maximum Gasteiger partial charge on any atom is 0.164 e. The molecule has 12 aromatic carbocycles. The molecule has 0 amide bonds. The zero-order valence-electron chi connectivity index (χ0n) is 39.9. The lowest BCUT2D eigenvalue weighted by Crippen LogP contribution is -2.01. The number of benzene rings is 12. The number of furan rings is 1. The molecule has 0 saturated carbocycles. The van der Waals surface area contributed by atoms with Crippen molar-refractivity contribution in [2.24, 2.45) is 0 Å². The second kappa shape index (κ2) is 16.8. The maximum absolute atomic E-state index is 7.06. The molecular formula is C69H42N4O. The number of nitrogens with zero attached hydrogens (tertiary/aromatic N) is 4. The SMILES string of the molecule is c1ccc(-c2cccc(-c3nc(-c4ccc5ccccc5c4)nc(-c4cccc5oc6cc(-n7c8cc9ccccc9cc8c8c9ccccc9ccc87)c(-c7cccc(-c8ccccc8)c7)cc6c45)n3)c2)cc1. The van der Waals surface area contributed by atoms with E-state index in [0.29, 0.717) is 17.5 Å². The van der Waals surface area contributed by atoms with Gasteiger partial charge in [0.15, 0.2) is 17.5 Å². The average molecular weight is 943 g/mol.